The van der Waals surface area contributed by atoms with Crippen LogP contribution in [0.15, 0.2) is 12.2 Å². The standard InChI is InChI=1S/C18H29FN4O3/c1-13(2)15(16(20)25)21(3)17(26)22-9-6-18(7-10-22)11-23(12-18)14(24)5-4-8-19/h4-5,13,15H,6-12H2,1-3H3,(H2,20,25)/b5-4+/t15-/m0/s1. The van der Waals surface area contributed by atoms with Crippen molar-refractivity contribution < 1.29 is 18.8 Å². The van der Waals surface area contributed by atoms with Crippen molar-refractivity contribution in [2.75, 3.05) is 39.9 Å². The minimum Gasteiger partial charge on any atom is -0.368 e. The average Bonchev–Trinajstić information content (AvgIpc) is 2.56. The Labute approximate surface area is 154 Å². The number of carbonyl (C=O) groups excluding carboxylic acids is 3. The Hall–Kier alpha value is -2.12. The normalized spacial score (nSPS) is 20.3. The lowest BCUT2D eigenvalue weighted by Crippen LogP contribution is -2.63. The number of carbonyl (C=O) groups is 3. The maximum atomic E-state index is 12.7. The molecular weight excluding hydrogens is 339 g/mol. The Balaban J connectivity index is 1.87. The number of rotatable bonds is 5. The van der Waals surface area contributed by atoms with Crippen LogP contribution < -0.4 is 5.73 Å². The topological polar surface area (TPSA) is 86.9 Å². The number of urea groups is 1. The number of hydrogen-bond donors (Lipinski definition) is 1. The van der Waals surface area contributed by atoms with E-state index >= 15 is 0 Å². The van der Waals surface area contributed by atoms with Crippen LogP contribution in [0.3, 0.4) is 0 Å². The Morgan fingerprint density at radius 3 is 2.23 bits per heavy atom. The Bertz CT molecular complexity index is 577. The van der Waals surface area contributed by atoms with Crippen molar-refractivity contribution >= 4 is 17.8 Å². The molecule has 26 heavy (non-hydrogen) atoms. The lowest BCUT2D eigenvalue weighted by atomic mass is 9.72. The molecule has 0 aromatic carbocycles. The fourth-order valence-corrected chi connectivity index (χ4v) is 3.97. The van der Waals surface area contributed by atoms with E-state index in [4.69, 9.17) is 5.73 Å². The summed E-state index contributed by atoms with van der Waals surface area (Å²) in [5.74, 6) is -0.715. The van der Waals surface area contributed by atoms with Crippen molar-refractivity contribution in [3.8, 4) is 0 Å². The van der Waals surface area contributed by atoms with E-state index in [1.54, 1.807) is 16.8 Å². The number of halogens is 1. The molecule has 146 valence electrons. The highest BCUT2D eigenvalue weighted by Crippen LogP contribution is 2.40. The molecule has 0 bridgehead atoms. The lowest BCUT2D eigenvalue weighted by molar-refractivity contribution is -0.140. The van der Waals surface area contributed by atoms with Crippen molar-refractivity contribution in [3.05, 3.63) is 12.2 Å². The van der Waals surface area contributed by atoms with Gasteiger partial charge in [-0.1, -0.05) is 13.8 Å². The number of likely N-dealkylation sites (N-methyl/N-ethyl adjacent to an activating group) is 1. The molecular formula is C18H29FN4O3. The highest BCUT2D eigenvalue weighted by atomic mass is 19.1. The summed E-state index contributed by atoms with van der Waals surface area (Å²) >= 11 is 0. The van der Waals surface area contributed by atoms with Gasteiger partial charge >= 0.3 is 6.03 Å². The zero-order valence-corrected chi connectivity index (χ0v) is 15.8. The second-order valence-electron chi connectivity index (χ2n) is 7.72. The average molecular weight is 368 g/mol. The van der Waals surface area contributed by atoms with Crippen molar-refractivity contribution in [1.29, 1.82) is 0 Å². The molecule has 0 saturated carbocycles. The Morgan fingerprint density at radius 2 is 1.77 bits per heavy atom. The van der Waals surface area contributed by atoms with Crippen molar-refractivity contribution in [3.63, 3.8) is 0 Å². The number of piperidine rings is 1. The number of nitrogens with two attached hydrogens (primary N) is 1. The van der Waals surface area contributed by atoms with Crippen molar-refractivity contribution in [2.45, 2.75) is 32.7 Å². The molecule has 2 heterocycles. The SMILES string of the molecule is CC(C)[C@@H](C(N)=O)N(C)C(=O)N1CCC2(CC1)CN(C(=O)/C=C/CF)C2. The van der Waals surface area contributed by atoms with E-state index in [1.807, 2.05) is 13.8 Å². The molecule has 2 aliphatic rings. The highest BCUT2D eigenvalue weighted by molar-refractivity contribution is 5.88. The summed E-state index contributed by atoms with van der Waals surface area (Å²) in [5.41, 5.74) is 5.49. The van der Waals surface area contributed by atoms with Gasteiger partial charge in [0.1, 0.15) is 12.7 Å². The minimum absolute atomic E-state index is 0.0513. The molecule has 0 aromatic rings. The van der Waals surface area contributed by atoms with E-state index in [0.29, 0.717) is 26.2 Å². The molecule has 2 saturated heterocycles. The molecule has 7 nitrogen and oxygen atoms in total. The number of alkyl halides is 1. The second kappa shape index (κ2) is 8.05. The first kappa shape index (κ1) is 20.2. The number of nitrogens with zero attached hydrogens (tertiary/aromatic N) is 3. The molecule has 0 unspecified atom stereocenters. The second-order valence-corrected chi connectivity index (χ2v) is 7.72. The van der Waals surface area contributed by atoms with Crippen LogP contribution in [-0.4, -0.2) is 78.5 Å². The summed E-state index contributed by atoms with van der Waals surface area (Å²) in [4.78, 5) is 41.1. The molecule has 0 radical (unpaired) electrons. The van der Waals surface area contributed by atoms with Gasteiger partial charge in [-0.25, -0.2) is 9.18 Å². The maximum Gasteiger partial charge on any atom is 0.320 e. The van der Waals surface area contributed by atoms with E-state index in [-0.39, 0.29) is 23.3 Å². The lowest BCUT2D eigenvalue weighted by Gasteiger charge is -2.54. The zero-order valence-electron chi connectivity index (χ0n) is 15.8. The van der Waals surface area contributed by atoms with Crippen LogP contribution in [0.2, 0.25) is 0 Å². The third-order valence-corrected chi connectivity index (χ3v) is 5.45. The van der Waals surface area contributed by atoms with Crippen molar-refractivity contribution in [1.82, 2.24) is 14.7 Å². The molecule has 1 spiro atoms. The molecule has 8 heteroatoms. The molecule has 2 rings (SSSR count). The van der Waals surface area contributed by atoms with Gasteiger partial charge in [-0.2, -0.15) is 0 Å². The largest absolute Gasteiger partial charge is 0.368 e. The number of hydrogen-bond acceptors (Lipinski definition) is 3. The fraction of sp³-hybridized carbons (Fsp3) is 0.722. The summed E-state index contributed by atoms with van der Waals surface area (Å²) in [6.07, 6.45) is 4.11. The molecule has 2 N–H and O–H groups in total. The molecule has 2 fully saturated rings. The van der Waals surface area contributed by atoms with Gasteiger partial charge in [0.2, 0.25) is 11.8 Å². The van der Waals surface area contributed by atoms with Crippen LogP contribution in [-0.2, 0) is 9.59 Å². The van der Waals surface area contributed by atoms with Crippen LogP contribution in [0.1, 0.15) is 26.7 Å². The van der Waals surface area contributed by atoms with E-state index in [2.05, 4.69) is 0 Å². The van der Waals surface area contributed by atoms with Gasteiger partial charge in [0, 0.05) is 44.7 Å². The van der Waals surface area contributed by atoms with Crippen LogP contribution in [0.25, 0.3) is 0 Å². The summed E-state index contributed by atoms with van der Waals surface area (Å²) in [7, 11) is 1.61. The maximum absolute atomic E-state index is 12.7. The molecule has 4 amide bonds. The van der Waals surface area contributed by atoms with Gasteiger partial charge in [-0.15, -0.1) is 0 Å². The summed E-state index contributed by atoms with van der Waals surface area (Å²) < 4.78 is 12.1. The van der Waals surface area contributed by atoms with Gasteiger partial charge in [0.15, 0.2) is 0 Å². The van der Waals surface area contributed by atoms with Gasteiger partial charge in [0.25, 0.3) is 0 Å². The van der Waals surface area contributed by atoms with Crippen LogP contribution >= 0.6 is 0 Å². The van der Waals surface area contributed by atoms with Crippen molar-refractivity contribution in [2.24, 2.45) is 17.1 Å². The third kappa shape index (κ3) is 4.16. The molecule has 1 atom stereocenters. The van der Waals surface area contributed by atoms with Crippen LogP contribution in [0.5, 0.6) is 0 Å². The first-order chi connectivity index (χ1) is 12.2. The van der Waals surface area contributed by atoms with E-state index in [9.17, 15) is 18.8 Å². The predicted octanol–water partition coefficient (Wildman–Crippen LogP) is 0.998. The van der Waals surface area contributed by atoms with Gasteiger partial charge in [0.05, 0.1) is 0 Å². The zero-order chi connectivity index (χ0) is 19.5. The molecule has 0 aliphatic carbocycles. The molecule has 2 aliphatic heterocycles. The van der Waals surface area contributed by atoms with Gasteiger partial charge < -0.3 is 20.4 Å². The monoisotopic (exact) mass is 368 g/mol. The van der Waals surface area contributed by atoms with E-state index in [0.717, 1.165) is 12.8 Å². The Kier molecular flexibility index (Phi) is 6.26. The first-order valence-corrected chi connectivity index (χ1v) is 9.03. The number of allylic oxidation sites excluding steroid dienone is 1. The quantitative estimate of drug-likeness (QED) is 0.735. The smallest absolute Gasteiger partial charge is 0.320 e. The van der Waals surface area contributed by atoms with Crippen LogP contribution in [0, 0.1) is 11.3 Å². The van der Waals surface area contributed by atoms with E-state index in [1.165, 1.54) is 17.1 Å². The number of primary amides is 1. The molecule has 0 aromatic heterocycles. The van der Waals surface area contributed by atoms with Crippen LogP contribution in [0.4, 0.5) is 9.18 Å². The number of likely N-dealkylation sites (tertiary alicyclic amines) is 2. The Morgan fingerprint density at radius 1 is 1.19 bits per heavy atom. The summed E-state index contributed by atoms with van der Waals surface area (Å²) in [6, 6.07) is -0.812. The first-order valence-electron chi connectivity index (χ1n) is 9.03. The summed E-state index contributed by atoms with van der Waals surface area (Å²) in [5, 5.41) is 0. The fourth-order valence-electron chi connectivity index (χ4n) is 3.97. The van der Waals surface area contributed by atoms with Gasteiger partial charge in [-0.3, -0.25) is 9.59 Å². The van der Waals surface area contributed by atoms with E-state index < -0.39 is 18.6 Å². The predicted molar refractivity (Wildman–Crippen MR) is 95.9 cm³/mol. The number of amides is 4. The summed E-state index contributed by atoms with van der Waals surface area (Å²) in [6.45, 7) is 5.57. The highest BCUT2D eigenvalue weighted by Gasteiger charge is 2.47. The minimum atomic E-state index is -0.641. The third-order valence-electron chi connectivity index (χ3n) is 5.45. The van der Waals surface area contributed by atoms with Gasteiger partial charge in [-0.05, 0) is 24.8 Å².